The van der Waals surface area contributed by atoms with Gasteiger partial charge in [-0.1, -0.05) is 11.8 Å². The monoisotopic (exact) mass is 255 g/mol. The van der Waals surface area contributed by atoms with Gasteiger partial charge in [-0.05, 0) is 25.8 Å². The van der Waals surface area contributed by atoms with E-state index in [9.17, 15) is 5.11 Å². The fourth-order valence-corrected chi connectivity index (χ4v) is 3.55. The molecule has 0 radical (unpaired) electrons. The van der Waals surface area contributed by atoms with Gasteiger partial charge in [-0.3, -0.25) is 0 Å². The summed E-state index contributed by atoms with van der Waals surface area (Å²) in [5.74, 6) is 2.50. The normalized spacial score (nSPS) is 19.9. The lowest BCUT2D eigenvalue weighted by molar-refractivity contribution is 0.444. The highest BCUT2D eigenvalue weighted by Crippen LogP contribution is 2.27. The number of aromatic nitrogens is 2. The van der Waals surface area contributed by atoms with E-state index in [0.29, 0.717) is 11.1 Å². The Morgan fingerprint density at radius 1 is 1.50 bits per heavy atom. The van der Waals surface area contributed by atoms with Crippen molar-refractivity contribution in [2.75, 3.05) is 11.5 Å². The fourth-order valence-electron chi connectivity index (χ4n) is 1.36. The zero-order chi connectivity index (χ0) is 11.5. The SMILES string of the molecule is CC1=NSCC1CSc1nc(C)cc(O)n1. The molecule has 4 nitrogen and oxygen atoms in total. The van der Waals surface area contributed by atoms with Crippen LogP contribution >= 0.6 is 23.7 Å². The van der Waals surface area contributed by atoms with E-state index in [1.807, 2.05) is 6.92 Å². The fraction of sp³-hybridized carbons (Fsp3) is 0.500. The molecule has 0 saturated heterocycles. The van der Waals surface area contributed by atoms with Crippen molar-refractivity contribution < 1.29 is 5.11 Å². The predicted molar refractivity (Wildman–Crippen MR) is 68.2 cm³/mol. The third-order valence-corrected chi connectivity index (χ3v) is 4.29. The summed E-state index contributed by atoms with van der Waals surface area (Å²) in [4.78, 5) is 8.25. The molecule has 0 saturated carbocycles. The summed E-state index contributed by atoms with van der Waals surface area (Å²) in [6, 6.07) is 1.56. The van der Waals surface area contributed by atoms with Gasteiger partial charge in [0, 0.05) is 34.9 Å². The molecule has 1 unspecified atom stereocenters. The first-order valence-electron chi connectivity index (χ1n) is 4.99. The van der Waals surface area contributed by atoms with E-state index in [2.05, 4.69) is 21.3 Å². The molecule has 1 N–H and O–H groups in total. The van der Waals surface area contributed by atoms with Gasteiger partial charge in [0.25, 0.3) is 0 Å². The van der Waals surface area contributed by atoms with Gasteiger partial charge in [-0.2, -0.15) is 4.98 Å². The largest absolute Gasteiger partial charge is 0.493 e. The molecule has 0 bridgehead atoms. The Morgan fingerprint density at radius 3 is 2.94 bits per heavy atom. The summed E-state index contributed by atoms with van der Waals surface area (Å²) in [5, 5.41) is 9.99. The molecule has 1 aromatic heterocycles. The van der Waals surface area contributed by atoms with Gasteiger partial charge in [-0.25, -0.2) is 9.38 Å². The molecule has 0 amide bonds. The Kier molecular flexibility index (Phi) is 3.70. The molecule has 1 aromatic rings. The maximum atomic E-state index is 9.35. The van der Waals surface area contributed by atoms with E-state index < -0.39 is 0 Å². The summed E-state index contributed by atoms with van der Waals surface area (Å²) in [6.45, 7) is 3.91. The summed E-state index contributed by atoms with van der Waals surface area (Å²) in [5.41, 5.74) is 1.98. The number of hydrogen-bond donors (Lipinski definition) is 1. The van der Waals surface area contributed by atoms with Gasteiger partial charge >= 0.3 is 0 Å². The molecule has 1 atom stereocenters. The minimum Gasteiger partial charge on any atom is -0.493 e. The number of aryl methyl sites for hydroxylation is 1. The van der Waals surface area contributed by atoms with Crippen LogP contribution in [0.3, 0.4) is 0 Å². The van der Waals surface area contributed by atoms with Crippen LogP contribution in [0.4, 0.5) is 0 Å². The highest BCUT2D eigenvalue weighted by molar-refractivity contribution is 8.00. The first kappa shape index (κ1) is 11.7. The van der Waals surface area contributed by atoms with E-state index in [1.165, 1.54) is 5.71 Å². The Morgan fingerprint density at radius 2 is 2.31 bits per heavy atom. The van der Waals surface area contributed by atoms with Gasteiger partial charge in [0.05, 0.1) is 0 Å². The van der Waals surface area contributed by atoms with E-state index in [1.54, 1.807) is 29.8 Å². The lowest BCUT2D eigenvalue weighted by atomic mass is 10.1. The number of aromatic hydroxyl groups is 1. The molecule has 0 aromatic carbocycles. The second kappa shape index (κ2) is 5.05. The molecule has 0 fully saturated rings. The van der Waals surface area contributed by atoms with Crippen LogP contribution in [-0.2, 0) is 0 Å². The second-order valence-electron chi connectivity index (χ2n) is 3.69. The molecular weight excluding hydrogens is 242 g/mol. The summed E-state index contributed by atoms with van der Waals surface area (Å²) in [7, 11) is 0. The quantitative estimate of drug-likeness (QED) is 0.510. The van der Waals surface area contributed by atoms with E-state index in [0.717, 1.165) is 17.2 Å². The summed E-state index contributed by atoms with van der Waals surface area (Å²) >= 11 is 3.19. The second-order valence-corrected chi connectivity index (χ2v) is 5.45. The molecule has 0 spiro atoms. The van der Waals surface area contributed by atoms with Crippen LogP contribution < -0.4 is 0 Å². The maximum absolute atomic E-state index is 9.35. The van der Waals surface area contributed by atoms with Crippen LogP contribution in [-0.4, -0.2) is 32.3 Å². The van der Waals surface area contributed by atoms with Gasteiger partial charge < -0.3 is 5.11 Å². The topological polar surface area (TPSA) is 58.4 Å². The van der Waals surface area contributed by atoms with Crippen molar-refractivity contribution in [2.45, 2.75) is 19.0 Å². The average molecular weight is 255 g/mol. The van der Waals surface area contributed by atoms with Crippen LogP contribution in [0.25, 0.3) is 0 Å². The minimum atomic E-state index is 0.0428. The molecule has 0 aliphatic carbocycles. The standard InChI is InChI=1S/C10H13N3OS2/c1-6-3-9(14)12-10(11-6)15-4-8-5-16-13-7(8)2/h3,8H,4-5H2,1-2H3,(H,11,12,14). The lowest BCUT2D eigenvalue weighted by Gasteiger charge is -2.07. The van der Waals surface area contributed by atoms with Crippen molar-refractivity contribution in [3.63, 3.8) is 0 Å². The Balaban J connectivity index is 1.97. The van der Waals surface area contributed by atoms with Crippen LogP contribution in [0.5, 0.6) is 5.88 Å². The molecule has 2 heterocycles. The zero-order valence-corrected chi connectivity index (χ0v) is 10.8. The summed E-state index contributed by atoms with van der Waals surface area (Å²) < 4.78 is 4.29. The first-order valence-corrected chi connectivity index (χ1v) is 6.92. The third kappa shape index (κ3) is 2.89. The maximum Gasteiger partial charge on any atom is 0.215 e. The average Bonchev–Trinajstić information content (AvgIpc) is 2.59. The van der Waals surface area contributed by atoms with Crippen molar-refractivity contribution in [1.29, 1.82) is 0 Å². The van der Waals surface area contributed by atoms with Gasteiger partial charge in [0.2, 0.25) is 5.88 Å². The van der Waals surface area contributed by atoms with Crippen LogP contribution in [0.2, 0.25) is 0 Å². The first-order chi connectivity index (χ1) is 7.65. The van der Waals surface area contributed by atoms with Crippen molar-refractivity contribution in [3.05, 3.63) is 11.8 Å². The number of rotatable bonds is 3. The van der Waals surface area contributed by atoms with Gasteiger partial charge in [0.15, 0.2) is 5.16 Å². The zero-order valence-electron chi connectivity index (χ0n) is 9.17. The highest BCUT2D eigenvalue weighted by Gasteiger charge is 2.19. The van der Waals surface area contributed by atoms with Gasteiger partial charge in [0.1, 0.15) is 0 Å². The number of nitrogens with zero attached hydrogens (tertiary/aromatic N) is 3. The molecule has 1 aliphatic heterocycles. The molecular formula is C10H13N3OS2. The van der Waals surface area contributed by atoms with E-state index in [4.69, 9.17) is 0 Å². The Bertz CT molecular complexity index is 402. The molecule has 6 heteroatoms. The minimum absolute atomic E-state index is 0.0428. The van der Waals surface area contributed by atoms with Crippen LogP contribution in [0, 0.1) is 12.8 Å². The van der Waals surface area contributed by atoms with Crippen molar-refractivity contribution >= 4 is 29.4 Å². The Labute approximate surface area is 103 Å². The smallest absolute Gasteiger partial charge is 0.215 e. The number of hydrogen-bond acceptors (Lipinski definition) is 6. The molecule has 1 aliphatic rings. The van der Waals surface area contributed by atoms with E-state index >= 15 is 0 Å². The highest BCUT2D eigenvalue weighted by atomic mass is 32.2. The summed E-state index contributed by atoms with van der Waals surface area (Å²) in [6.07, 6.45) is 0. The molecule has 2 rings (SSSR count). The van der Waals surface area contributed by atoms with Crippen LogP contribution in [0.15, 0.2) is 15.6 Å². The van der Waals surface area contributed by atoms with Crippen molar-refractivity contribution in [1.82, 2.24) is 9.97 Å². The predicted octanol–water partition coefficient (Wildman–Crippen LogP) is 2.32. The van der Waals surface area contributed by atoms with Gasteiger partial charge in [-0.15, -0.1) is 0 Å². The Hall–Kier alpha value is -0.750. The third-order valence-electron chi connectivity index (χ3n) is 2.31. The lowest BCUT2D eigenvalue weighted by Crippen LogP contribution is -2.12. The van der Waals surface area contributed by atoms with Crippen molar-refractivity contribution in [2.24, 2.45) is 10.3 Å². The molecule has 86 valence electrons. The van der Waals surface area contributed by atoms with Crippen LogP contribution in [0.1, 0.15) is 12.6 Å². The van der Waals surface area contributed by atoms with E-state index in [-0.39, 0.29) is 5.88 Å². The van der Waals surface area contributed by atoms with Crippen molar-refractivity contribution in [3.8, 4) is 5.88 Å². The molecule has 16 heavy (non-hydrogen) atoms. The number of thioether (sulfide) groups is 1.